The molecule has 8 nitrogen and oxygen atoms in total. The number of fused-ring (bicyclic) bond motifs is 4. The molecule has 4 aliphatic rings. The van der Waals surface area contributed by atoms with Crippen LogP contribution in [0.4, 0.5) is 5.69 Å². The number of hydrogen-bond donors (Lipinski definition) is 0. The molecule has 0 N–H and O–H groups in total. The van der Waals surface area contributed by atoms with Crippen molar-refractivity contribution < 1.29 is 9.59 Å². The van der Waals surface area contributed by atoms with E-state index in [-0.39, 0.29) is 28.9 Å². The van der Waals surface area contributed by atoms with Crippen LogP contribution in [0.25, 0.3) is 10.4 Å². The topological polar surface area (TPSA) is 125 Å². The molecule has 0 saturated carbocycles. The minimum atomic E-state index is -0.0167. The molecule has 2 aromatic carbocycles. The summed E-state index contributed by atoms with van der Waals surface area (Å²) in [6, 6.07) is 21.1. The zero-order chi connectivity index (χ0) is 33.3. The third-order valence-corrected chi connectivity index (χ3v) is 9.62. The first-order chi connectivity index (χ1) is 22.3. The number of aldehydes is 1. The van der Waals surface area contributed by atoms with E-state index in [2.05, 4.69) is 59.9 Å². The van der Waals surface area contributed by atoms with Gasteiger partial charge in [0.2, 0.25) is 0 Å². The number of likely N-dealkylation sites (N-methyl/N-ethyl adjacent to an activating group) is 1. The normalized spacial score (nSPS) is 19.7. The van der Waals surface area contributed by atoms with Gasteiger partial charge in [0, 0.05) is 52.9 Å². The van der Waals surface area contributed by atoms with Crippen molar-refractivity contribution in [1.29, 1.82) is 15.8 Å². The summed E-state index contributed by atoms with van der Waals surface area (Å²) in [5.41, 5.74) is 8.05. The van der Waals surface area contributed by atoms with Crippen LogP contribution in [0, 0.1) is 40.6 Å². The summed E-state index contributed by atoms with van der Waals surface area (Å²) in [6.45, 7) is 11.3. The highest BCUT2D eigenvalue weighted by Crippen LogP contribution is 2.53. The van der Waals surface area contributed by atoms with Crippen molar-refractivity contribution in [1.82, 2.24) is 0 Å². The van der Waals surface area contributed by atoms with Crippen molar-refractivity contribution >= 4 is 40.8 Å². The number of ketones is 1. The molecule has 230 valence electrons. The number of thioether (sulfide) groups is 1. The maximum absolute atomic E-state index is 11.6. The largest absolute Gasteiger partial charge is 0.347 e. The molecular weight excluding hydrogens is 593 g/mol. The van der Waals surface area contributed by atoms with Gasteiger partial charge in [-0.2, -0.15) is 10.5 Å². The van der Waals surface area contributed by atoms with Crippen molar-refractivity contribution in [3.05, 3.63) is 104 Å². The van der Waals surface area contributed by atoms with Crippen LogP contribution in [0.15, 0.2) is 81.1 Å². The Morgan fingerprint density at radius 2 is 1.80 bits per heavy atom. The first kappa shape index (κ1) is 33.7. The molecule has 0 radical (unpaired) electrons. The number of anilines is 1. The van der Waals surface area contributed by atoms with Crippen molar-refractivity contribution in [2.24, 2.45) is 4.99 Å². The quantitative estimate of drug-likeness (QED) is 0.191. The van der Waals surface area contributed by atoms with Crippen LogP contribution in [0.3, 0.4) is 0 Å². The number of carbonyl (C=O) groups excluding carboxylic acids is 2. The molecule has 0 fully saturated rings. The Bertz CT molecular complexity index is 1820. The van der Waals surface area contributed by atoms with E-state index >= 15 is 0 Å². The maximum atomic E-state index is 11.6. The molecule has 0 saturated heterocycles. The van der Waals surface area contributed by atoms with Crippen LogP contribution in [0.1, 0.15) is 80.3 Å². The average molecular weight is 627 g/mol. The summed E-state index contributed by atoms with van der Waals surface area (Å²) >= 11 is 1.49. The van der Waals surface area contributed by atoms with Gasteiger partial charge in [0.05, 0.1) is 12.6 Å². The lowest BCUT2D eigenvalue weighted by Gasteiger charge is -2.34. The molecule has 0 spiro atoms. The van der Waals surface area contributed by atoms with Gasteiger partial charge >= 0.3 is 0 Å². The summed E-state index contributed by atoms with van der Waals surface area (Å²) in [7, 11) is 2.08. The standard InChI is InChI=1S/C15H17NO.C12H6N2O.C10H11N3S/c1-15-9-5-6-11(10-17)14(15)16(2)13-8-4-3-7-12(13)15;1-14-11(7-13)10-6-12(15)9-5-3-2-4-8(9)10;1-2-3-4-9-7-14-10(13-9)8(5-11)6-12/h3-4,7-8,10H,5-6,9H2,1-2H3;2-5H,6H2;2-4,7H2,1H3/b;11-10+;. The molecule has 6 rings (SSSR count). The molecule has 0 aromatic heterocycles. The Balaban J connectivity index is 0.000000158. The molecule has 0 amide bonds. The predicted molar refractivity (Wildman–Crippen MR) is 181 cm³/mol. The molecule has 9 heteroatoms. The predicted octanol–water partition coefficient (Wildman–Crippen LogP) is 8.08. The third kappa shape index (κ3) is 6.72. The van der Waals surface area contributed by atoms with Crippen molar-refractivity contribution in [3.8, 4) is 18.2 Å². The van der Waals surface area contributed by atoms with Crippen LogP contribution in [-0.2, 0) is 10.2 Å². The molecule has 2 aromatic rings. The highest BCUT2D eigenvalue weighted by atomic mass is 32.2. The number of nitriles is 3. The monoisotopic (exact) mass is 626 g/mol. The van der Waals surface area contributed by atoms with Gasteiger partial charge in [-0.25, -0.2) is 15.1 Å². The Morgan fingerprint density at radius 3 is 2.46 bits per heavy atom. The summed E-state index contributed by atoms with van der Waals surface area (Å²) in [6.07, 6.45) is 7.65. The number of para-hydroxylation sites is 1. The number of hydrogen-bond acceptors (Lipinski definition) is 8. The number of Topliss-reactive ketones (excluding diaryl/α,β-unsaturated/α-hetero) is 1. The van der Waals surface area contributed by atoms with E-state index in [0.717, 1.165) is 67.4 Å². The Kier molecular flexibility index (Phi) is 11.1. The Hall–Kier alpha value is -5.22. The number of benzene rings is 2. The average Bonchev–Trinajstić information content (AvgIpc) is 3.75. The number of rotatable bonds is 4. The van der Waals surface area contributed by atoms with Crippen LogP contribution in [0.5, 0.6) is 0 Å². The summed E-state index contributed by atoms with van der Waals surface area (Å²) in [5.74, 6) is 0.819. The molecule has 0 bridgehead atoms. The molecule has 1 unspecified atom stereocenters. The molecule has 2 heterocycles. The van der Waals surface area contributed by atoms with Gasteiger partial charge in [-0.15, -0.1) is 0 Å². The van der Waals surface area contributed by atoms with E-state index in [4.69, 9.17) is 22.4 Å². The highest BCUT2D eigenvalue weighted by molar-refractivity contribution is 8.04. The number of aliphatic imine (C=N–C) groups is 1. The number of carbonyl (C=O) groups is 2. The van der Waals surface area contributed by atoms with Gasteiger partial charge in [0.25, 0.3) is 5.70 Å². The molecule has 46 heavy (non-hydrogen) atoms. The van der Waals surface area contributed by atoms with Gasteiger partial charge in [0.15, 0.2) is 11.4 Å². The van der Waals surface area contributed by atoms with E-state index in [0.29, 0.717) is 16.2 Å². The smallest absolute Gasteiger partial charge is 0.266 e. The fourth-order valence-electron chi connectivity index (χ4n) is 6.37. The zero-order valence-corrected chi connectivity index (χ0v) is 27.1. The van der Waals surface area contributed by atoms with E-state index < -0.39 is 0 Å². The number of nitrogens with zero attached hydrogens (tertiary/aromatic N) is 6. The molecular formula is C37H34N6O2S. The summed E-state index contributed by atoms with van der Waals surface area (Å²) in [4.78, 5) is 32.4. The zero-order valence-electron chi connectivity index (χ0n) is 26.3. The van der Waals surface area contributed by atoms with Crippen molar-refractivity contribution in [3.63, 3.8) is 0 Å². The lowest BCUT2D eigenvalue weighted by molar-refractivity contribution is -0.105. The highest BCUT2D eigenvalue weighted by Gasteiger charge is 2.45. The number of allylic oxidation sites excluding steroid dienone is 5. The SMILES string of the molecule is CCCCC1=NC(=C(C#N)C#N)SC1.CN1C2=C(C=O)CCCC2(C)c2ccccc21.[C-]#[N+]/C(C#N)=C1\CC(=O)c2ccccc21. The summed E-state index contributed by atoms with van der Waals surface area (Å²) in [5, 5.41) is 26.6. The van der Waals surface area contributed by atoms with E-state index in [1.165, 1.54) is 28.7 Å². The third-order valence-electron chi connectivity index (χ3n) is 8.57. The maximum Gasteiger partial charge on any atom is 0.266 e. The van der Waals surface area contributed by atoms with Gasteiger partial charge in [0.1, 0.15) is 23.5 Å². The van der Waals surface area contributed by atoms with Gasteiger partial charge < -0.3 is 4.90 Å². The molecule has 2 aliphatic heterocycles. The number of unbranched alkanes of at least 4 members (excludes halogenated alkanes) is 1. The van der Waals surface area contributed by atoms with Crippen LogP contribution in [-0.4, -0.2) is 30.6 Å². The van der Waals surface area contributed by atoms with E-state index in [1.54, 1.807) is 24.3 Å². The van der Waals surface area contributed by atoms with Crippen LogP contribution < -0.4 is 4.90 Å². The van der Waals surface area contributed by atoms with Crippen molar-refractivity contribution in [2.45, 2.75) is 64.2 Å². The second kappa shape index (κ2) is 15.2. The van der Waals surface area contributed by atoms with E-state index in [9.17, 15) is 9.59 Å². The Labute approximate surface area is 274 Å². The minimum absolute atomic E-state index is 0.0167. The van der Waals surface area contributed by atoms with Crippen molar-refractivity contribution in [2.75, 3.05) is 17.7 Å². The van der Waals surface area contributed by atoms with Gasteiger partial charge in [-0.05, 0) is 61.8 Å². The lowest BCUT2D eigenvalue weighted by Crippen LogP contribution is -2.31. The van der Waals surface area contributed by atoms with Gasteiger partial charge in [-0.3, -0.25) is 9.59 Å². The fraction of sp³-hybridized carbons (Fsp3) is 0.324. The van der Waals surface area contributed by atoms with Gasteiger partial charge in [-0.1, -0.05) is 67.6 Å². The second-order valence-corrected chi connectivity index (χ2v) is 12.4. The second-order valence-electron chi connectivity index (χ2n) is 11.4. The molecule has 1 atom stereocenters. The first-order valence-corrected chi connectivity index (χ1v) is 16.1. The Morgan fingerprint density at radius 1 is 1.11 bits per heavy atom. The van der Waals surface area contributed by atoms with E-state index in [1.807, 2.05) is 18.2 Å². The fourth-order valence-corrected chi connectivity index (χ4v) is 7.31. The van der Waals surface area contributed by atoms with Crippen LogP contribution >= 0.6 is 11.8 Å². The lowest BCUT2D eigenvalue weighted by atomic mass is 9.72. The summed E-state index contributed by atoms with van der Waals surface area (Å²) < 4.78 is 0. The minimum Gasteiger partial charge on any atom is -0.347 e. The van der Waals surface area contributed by atoms with Crippen LogP contribution in [0.2, 0.25) is 0 Å². The molecule has 2 aliphatic carbocycles. The first-order valence-electron chi connectivity index (χ1n) is 15.2.